The van der Waals surface area contributed by atoms with Gasteiger partial charge in [0.1, 0.15) is 20.3 Å². The lowest BCUT2D eigenvalue weighted by Crippen LogP contribution is -2.66. The van der Waals surface area contributed by atoms with E-state index < -0.39 is 54.9 Å². The van der Waals surface area contributed by atoms with Crippen molar-refractivity contribution in [3.05, 3.63) is 16.7 Å². The van der Waals surface area contributed by atoms with Crippen LogP contribution in [0.4, 0.5) is 10.3 Å². The van der Waals surface area contributed by atoms with Crippen LogP contribution in [0.5, 0.6) is 0 Å². The maximum absolute atomic E-state index is 18.1. The zero-order valence-corrected chi connectivity index (χ0v) is 30.1. The second-order valence-electron chi connectivity index (χ2n) is 13.8. The Morgan fingerprint density at radius 3 is 2.21 bits per heavy atom. The predicted octanol–water partition coefficient (Wildman–Crippen LogP) is 5.60. The monoisotopic (exact) mass is 637 g/mol. The molecule has 2 fully saturated rings. The molecule has 2 aromatic rings. The van der Waals surface area contributed by atoms with Gasteiger partial charge in [-0.1, -0.05) is 81.0 Å². The van der Waals surface area contributed by atoms with Gasteiger partial charge < -0.3 is 23.0 Å². The van der Waals surface area contributed by atoms with Crippen molar-refractivity contribution in [2.75, 3.05) is 19.0 Å². The van der Waals surface area contributed by atoms with Crippen molar-refractivity contribution < 1.29 is 22.1 Å². The normalized spacial score (nSPS) is 27.7. The van der Waals surface area contributed by atoms with E-state index in [2.05, 4.69) is 107 Å². The summed E-state index contributed by atoms with van der Waals surface area (Å²) in [4.78, 5) is 24.2. The minimum Gasteiger partial charge on any atom is -0.414 e. The maximum atomic E-state index is 18.1. The third kappa shape index (κ3) is 5.57. The van der Waals surface area contributed by atoms with Gasteiger partial charge in [0.05, 0.1) is 12.9 Å². The number of imidazole rings is 1. The highest BCUT2D eigenvalue weighted by Gasteiger charge is 2.66. The predicted molar refractivity (Wildman–Crippen MR) is 170 cm³/mol. The molecule has 14 heteroatoms. The van der Waals surface area contributed by atoms with Crippen LogP contribution in [-0.2, 0) is 17.7 Å². The Kier molecular flexibility index (Phi) is 9.10. The Labute approximate surface area is 252 Å². The highest BCUT2D eigenvalue weighted by Crippen LogP contribution is 2.52. The van der Waals surface area contributed by atoms with Crippen LogP contribution in [0.15, 0.2) is 11.1 Å². The molecule has 0 amide bonds. The summed E-state index contributed by atoms with van der Waals surface area (Å²) in [6, 6.07) is 0. The molecule has 234 valence electrons. The van der Waals surface area contributed by atoms with Crippen molar-refractivity contribution in [3.63, 3.8) is 0 Å². The fraction of sp³-hybridized carbons (Fsp3) is 0.750. The van der Waals surface area contributed by atoms with Crippen LogP contribution in [0.2, 0.25) is 41.8 Å². The van der Waals surface area contributed by atoms with Crippen molar-refractivity contribution in [3.8, 4) is 11.5 Å². The highest BCUT2D eigenvalue weighted by atomic mass is 28.5. The highest BCUT2D eigenvalue weighted by molar-refractivity contribution is 6.84. The second kappa shape index (κ2) is 11.6. The van der Waals surface area contributed by atoms with E-state index in [4.69, 9.17) is 17.7 Å². The van der Waals surface area contributed by atoms with Crippen LogP contribution in [-0.4, -0.2) is 76.2 Å². The molecule has 0 radical (unpaired) electrons. The fourth-order valence-corrected chi connectivity index (χ4v) is 17.8. The number of hydrogen-bond acceptors (Lipinski definition) is 8. The number of halogens is 1. The van der Waals surface area contributed by atoms with Gasteiger partial charge in [0.15, 0.2) is 17.4 Å². The lowest BCUT2D eigenvalue weighted by molar-refractivity contribution is -0.0568. The molecule has 4 heterocycles. The first-order chi connectivity index (χ1) is 19.4. The lowest BCUT2D eigenvalue weighted by Gasteiger charge is -2.51. The summed E-state index contributed by atoms with van der Waals surface area (Å²) in [5.74, 6) is 3.25. The SMILES string of the molecule is CNc1nc2c(ncn2[C@@H]2O[C@@H]3CO[Si](C(C)C)(C(C)C)O[Si](C(C)C)(C(C)C)O[C@@H]3C2(F)C#C[Si](C)(C)C)c(=O)[nH]1. The molecule has 0 saturated carbocycles. The van der Waals surface area contributed by atoms with Crippen LogP contribution in [0.1, 0.15) is 61.6 Å². The number of H-pyrrole nitrogens is 1. The van der Waals surface area contributed by atoms with E-state index in [1.807, 2.05) is 0 Å². The summed E-state index contributed by atoms with van der Waals surface area (Å²) in [6.07, 6.45) is -1.73. The van der Waals surface area contributed by atoms with Crippen molar-refractivity contribution in [1.82, 2.24) is 19.5 Å². The minimum absolute atomic E-state index is 0.00459. The number of anilines is 1. The first kappa shape index (κ1) is 33.0. The Morgan fingerprint density at radius 1 is 1.10 bits per heavy atom. The number of nitrogens with one attached hydrogen (secondary N) is 2. The molecule has 0 aliphatic carbocycles. The molecule has 0 aromatic carbocycles. The van der Waals surface area contributed by atoms with Crippen molar-refractivity contribution >= 4 is 42.3 Å². The summed E-state index contributed by atoms with van der Waals surface area (Å²) in [5, 5.41) is 2.85. The van der Waals surface area contributed by atoms with Crippen LogP contribution < -0.4 is 10.9 Å². The second-order valence-corrected chi connectivity index (χ2v) is 27.4. The quantitative estimate of drug-likeness (QED) is 0.311. The molecule has 2 aliphatic heterocycles. The summed E-state index contributed by atoms with van der Waals surface area (Å²) >= 11 is 0. The fourth-order valence-electron chi connectivity index (χ4n) is 6.06. The summed E-state index contributed by atoms with van der Waals surface area (Å²) in [5.41, 5.74) is 1.07. The number of aromatic amines is 1. The third-order valence-electron chi connectivity index (χ3n) is 8.29. The van der Waals surface area contributed by atoms with Crippen molar-refractivity contribution in [1.29, 1.82) is 0 Å². The standard InChI is InChI=1S/C28H48FN5O5Si3/c1-17(2)41(18(3)4)36-15-21-23(38-42(39-41,19(5)6)20(7)8)28(29,13-14-40(10,11)12)26(37-21)34-16-31-22-24(34)32-27(30-9)33-25(22)35/h16-21,23,26H,15H2,1-12H3,(H2,30,32,33,35)/t21-,23+,26-,28?/m1/s1. The van der Waals surface area contributed by atoms with Gasteiger partial charge in [0, 0.05) is 7.05 Å². The number of alkyl halides is 1. The first-order valence-corrected chi connectivity index (χ1v) is 22.4. The largest absolute Gasteiger partial charge is 0.414 e. The van der Waals surface area contributed by atoms with Gasteiger partial charge in [-0.15, -0.1) is 5.54 Å². The zero-order chi connectivity index (χ0) is 31.4. The molecular weight excluding hydrogens is 590 g/mol. The van der Waals surface area contributed by atoms with Gasteiger partial charge in [0.25, 0.3) is 5.56 Å². The van der Waals surface area contributed by atoms with Gasteiger partial charge in [0.2, 0.25) is 11.6 Å². The van der Waals surface area contributed by atoms with Gasteiger partial charge in [-0.2, -0.15) is 4.98 Å². The summed E-state index contributed by atoms with van der Waals surface area (Å²) in [7, 11) is -6.43. The first-order valence-electron chi connectivity index (χ1n) is 15.0. The van der Waals surface area contributed by atoms with Gasteiger partial charge >= 0.3 is 17.1 Å². The molecule has 1 unspecified atom stereocenters. The summed E-state index contributed by atoms with van der Waals surface area (Å²) < 4.78 is 47.4. The maximum Gasteiger partial charge on any atom is 0.335 e. The van der Waals surface area contributed by atoms with Gasteiger partial charge in [-0.05, 0) is 22.2 Å². The molecule has 2 N–H and O–H groups in total. The molecule has 2 aromatic heterocycles. The van der Waals surface area contributed by atoms with E-state index in [0.29, 0.717) is 0 Å². The molecule has 10 nitrogen and oxygen atoms in total. The van der Waals surface area contributed by atoms with Gasteiger partial charge in [-0.25, -0.2) is 9.37 Å². The third-order valence-corrected chi connectivity index (χ3v) is 19.4. The average Bonchev–Trinajstić information content (AvgIpc) is 3.40. The Bertz CT molecular complexity index is 1400. The number of rotatable bonds is 6. The van der Waals surface area contributed by atoms with E-state index >= 15 is 4.39 Å². The molecule has 42 heavy (non-hydrogen) atoms. The van der Waals surface area contributed by atoms with Gasteiger partial charge in [-0.3, -0.25) is 14.3 Å². The topological polar surface area (TPSA) is 113 Å². The number of nitrogens with zero attached hydrogens (tertiary/aromatic N) is 3. The summed E-state index contributed by atoms with van der Waals surface area (Å²) in [6.45, 7) is 23.3. The van der Waals surface area contributed by atoms with E-state index in [0.717, 1.165) is 0 Å². The molecule has 4 atom stereocenters. The Hall–Kier alpha value is -1.87. The van der Waals surface area contributed by atoms with Crippen LogP contribution in [0.3, 0.4) is 0 Å². The van der Waals surface area contributed by atoms with E-state index in [-0.39, 0.29) is 45.9 Å². The Balaban J connectivity index is 1.97. The Morgan fingerprint density at radius 2 is 1.69 bits per heavy atom. The molecule has 0 spiro atoms. The van der Waals surface area contributed by atoms with Crippen LogP contribution >= 0.6 is 0 Å². The molecule has 0 bridgehead atoms. The lowest BCUT2D eigenvalue weighted by atomic mass is 9.97. The number of ether oxygens (including phenoxy) is 1. The number of fused-ring (bicyclic) bond motifs is 2. The van der Waals surface area contributed by atoms with E-state index in [1.165, 1.54) is 10.9 Å². The number of aromatic nitrogens is 4. The van der Waals surface area contributed by atoms with Crippen molar-refractivity contribution in [2.24, 2.45) is 0 Å². The minimum atomic E-state index is -3.17. The smallest absolute Gasteiger partial charge is 0.335 e. The molecule has 2 saturated heterocycles. The van der Waals surface area contributed by atoms with Crippen LogP contribution in [0, 0.1) is 11.5 Å². The number of hydrogen-bond donors (Lipinski definition) is 2. The van der Waals surface area contributed by atoms with Crippen LogP contribution in [0.25, 0.3) is 11.2 Å². The van der Waals surface area contributed by atoms with E-state index in [9.17, 15) is 4.79 Å². The molecule has 4 rings (SSSR count). The van der Waals surface area contributed by atoms with Crippen molar-refractivity contribution in [2.45, 2.75) is 121 Å². The molecular formula is C28H48FN5O5Si3. The average molecular weight is 638 g/mol. The van der Waals surface area contributed by atoms with E-state index in [1.54, 1.807) is 7.05 Å². The zero-order valence-electron chi connectivity index (χ0n) is 27.1. The molecule has 2 aliphatic rings.